The average molecular weight is 335 g/mol. The minimum Gasteiger partial charge on any atom is -0.506 e. The van der Waals surface area contributed by atoms with Crippen LogP contribution in [0.1, 0.15) is 57.8 Å². The summed E-state index contributed by atoms with van der Waals surface area (Å²) in [7, 11) is 0. The molecule has 4 unspecified atom stereocenters. The highest BCUT2D eigenvalue weighted by Crippen LogP contribution is 2.58. The highest BCUT2D eigenvalue weighted by Gasteiger charge is 2.62. The van der Waals surface area contributed by atoms with Crippen LogP contribution in [0.3, 0.4) is 0 Å². The van der Waals surface area contributed by atoms with E-state index in [-0.39, 0.29) is 17.6 Å². The summed E-state index contributed by atoms with van der Waals surface area (Å²) in [5.74, 6) is 0.758. The van der Waals surface area contributed by atoms with Gasteiger partial charge in [0.05, 0.1) is 17.8 Å². The Kier molecular flexibility index (Phi) is 3.88. The smallest absolute Gasteiger partial charge is 0.138 e. The first kappa shape index (κ1) is 16.3. The van der Waals surface area contributed by atoms with E-state index in [1.54, 1.807) is 12.1 Å². The van der Waals surface area contributed by atoms with Gasteiger partial charge in [-0.15, -0.1) is 0 Å². The molecule has 3 aliphatic rings. The molecule has 4 rings (SSSR count). The zero-order chi connectivity index (χ0) is 17.5. The monoisotopic (exact) mass is 335 g/mol. The number of piperidine rings is 1. The summed E-state index contributed by atoms with van der Waals surface area (Å²) in [6.45, 7) is 0. The molecular weight excluding hydrogens is 310 g/mol. The Morgan fingerprint density at radius 1 is 0.920 bits per heavy atom. The van der Waals surface area contributed by atoms with Crippen LogP contribution in [0.15, 0.2) is 24.3 Å². The molecule has 2 aliphatic carbocycles. The number of phenolic OH excluding ortho intramolecular Hbond substituents is 1. The minimum atomic E-state index is -0.666. The largest absolute Gasteiger partial charge is 0.506 e. The lowest BCUT2D eigenvalue weighted by molar-refractivity contribution is 0.0610. The summed E-state index contributed by atoms with van der Waals surface area (Å²) in [5, 5.41) is 31.2. The van der Waals surface area contributed by atoms with Gasteiger partial charge < -0.3 is 10.0 Å². The predicted octanol–water partition coefficient (Wildman–Crippen LogP) is 4.51. The van der Waals surface area contributed by atoms with Crippen molar-refractivity contribution >= 4 is 5.69 Å². The van der Waals surface area contributed by atoms with E-state index in [9.17, 15) is 15.6 Å². The molecule has 1 heterocycles. The van der Waals surface area contributed by atoms with Gasteiger partial charge in [-0.05, 0) is 56.1 Å². The van der Waals surface area contributed by atoms with Crippen molar-refractivity contribution in [3.63, 3.8) is 0 Å². The van der Waals surface area contributed by atoms with Crippen molar-refractivity contribution < 1.29 is 5.11 Å². The molecule has 1 aliphatic heterocycles. The van der Waals surface area contributed by atoms with E-state index in [4.69, 9.17) is 0 Å². The number of aromatic hydroxyl groups is 1. The van der Waals surface area contributed by atoms with Crippen molar-refractivity contribution in [2.24, 2.45) is 11.8 Å². The van der Waals surface area contributed by atoms with Crippen LogP contribution in [-0.4, -0.2) is 16.2 Å². The molecule has 1 saturated heterocycles. The molecular formula is C21H25N3O. The summed E-state index contributed by atoms with van der Waals surface area (Å²) in [6.07, 6.45) is 9.01. The molecule has 0 radical (unpaired) electrons. The second-order valence-electron chi connectivity index (χ2n) is 8.02. The van der Waals surface area contributed by atoms with E-state index < -0.39 is 11.1 Å². The second kappa shape index (κ2) is 5.95. The van der Waals surface area contributed by atoms with Crippen molar-refractivity contribution in [2.45, 2.75) is 68.9 Å². The fourth-order valence-electron chi connectivity index (χ4n) is 5.85. The van der Waals surface area contributed by atoms with Crippen LogP contribution in [-0.2, 0) is 0 Å². The number of phenols is 1. The summed E-state index contributed by atoms with van der Waals surface area (Å²) in [6, 6.07) is 12.6. The van der Waals surface area contributed by atoms with E-state index in [0.717, 1.165) is 57.8 Å². The summed E-state index contributed by atoms with van der Waals surface area (Å²) in [4.78, 5) is 2.09. The van der Waals surface area contributed by atoms with Gasteiger partial charge in [-0.2, -0.15) is 10.5 Å². The third kappa shape index (κ3) is 2.17. The van der Waals surface area contributed by atoms with Gasteiger partial charge in [-0.25, -0.2) is 0 Å². The van der Waals surface area contributed by atoms with E-state index >= 15 is 0 Å². The molecule has 2 saturated carbocycles. The van der Waals surface area contributed by atoms with E-state index in [0.29, 0.717) is 5.69 Å². The Morgan fingerprint density at radius 3 is 2.00 bits per heavy atom. The Hall–Kier alpha value is -2.20. The number of hydrogen-bond donors (Lipinski definition) is 1. The molecule has 25 heavy (non-hydrogen) atoms. The highest BCUT2D eigenvalue weighted by atomic mass is 16.3. The Balaban J connectivity index is 1.95. The maximum Gasteiger partial charge on any atom is 0.138 e. The summed E-state index contributed by atoms with van der Waals surface area (Å²) < 4.78 is 0. The molecule has 0 bridgehead atoms. The van der Waals surface area contributed by atoms with Crippen molar-refractivity contribution in [3.05, 3.63) is 24.3 Å². The number of benzene rings is 1. The average Bonchev–Trinajstić information content (AvgIpc) is 2.66. The van der Waals surface area contributed by atoms with Gasteiger partial charge in [0.1, 0.15) is 16.8 Å². The number of para-hydroxylation sites is 2. The molecule has 1 aromatic carbocycles. The number of nitriles is 2. The molecule has 4 atom stereocenters. The lowest BCUT2D eigenvalue weighted by Gasteiger charge is -2.62. The SMILES string of the molecule is N#CC12CCCCC1CC1CCCCC1(C#N)N2c1ccccc1O. The lowest BCUT2D eigenvalue weighted by Crippen LogP contribution is -2.71. The van der Waals surface area contributed by atoms with Crippen LogP contribution >= 0.6 is 0 Å². The van der Waals surface area contributed by atoms with E-state index in [1.807, 2.05) is 12.1 Å². The Labute approximate surface area is 149 Å². The number of anilines is 1. The number of fused-ring (bicyclic) bond motifs is 2. The van der Waals surface area contributed by atoms with Gasteiger partial charge in [0.25, 0.3) is 0 Å². The summed E-state index contributed by atoms with van der Waals surface area (Å²) >= 11 is 0. The first-order chi connectivity index (χ1) is 12.2. The molecule has 1 aromatic rings. The standard InChI is InChI=1S/C21H25N3O/c22-14-20-11-5-3-7-16(20)13-17-8-4-6-12-21(17,15-23)24(20)18-9-1-2-10-19(18)25/h1-2,9-10,16-17,25H,3-8,11-13H2. The van der Waals surface area contributed by atoms with Gasteiger partial charge in [-0.1, -0.05) is 37.8 Å². The molecule has 4 heteroatoms. The van der Waals surface area contributed by atoms with Crippen LogP contribution in [0.5, 0.6) is 5.75 Å². The van der Waals surface area contributed by atoms with Crippen LogP contribution < -0.4 is 4.90 Å². The van der Waals surface area contributed by atoms with Crippen LogP contribution in [0, 0.1) is 34.5 Å². The normalized spacial score (nSPS) is 37.3. The van der Waals surface area contributed by atoms with Gasteiger partial charge in [-0.3, -0.25) is 0 Å². The lowest BCUT2D eigenvalue weighted by atomic mass is 9.56. The molecule has 0 spiro atoms. The van der Waals surface area contributed by atoms with Crippen molar-refractivity contribution in [1.29, 1.82) is 10.5 Å². The van der Waals surface area contributed by atoms with Crippen molar-refractivity contribution in [2.75, 3.05) is 4.90 Å². The van der Waals surface area contributed by atoms with Gasteiger partial charge in [0, 0.05) is 0 Å². The van der Waals surface area contributed by atoms with E-state index in [1.165, 1.54) is 0 Å². The predicted molar refractivity (Wildman–Crippen MR) is 95.8 cm³/mol. The van der Waals surface area contributed by atoms with Crippen molar-refractivity contribution in [1.82, 2.24) is 0 Å². The maximum atomic E-state index is 10.6. The fourth-order valence-corrected chi connectivity index (χ4v) is 5.85. The topological polar surface area (TPSA) is 71.0 Å². The first-order valence-corrected chi connectivity index (χ1v) is 9.59. The first-order valence-electron chi connectivity index (χ1n) is 9.59. The fraction of sp³-hybridized carbons (Fsp3) is 0.619. The number of rotatable bonds is 1. The molecule has 3 fully saturated rings. The van der Waals surface area contributed by atoms with E-state index in [2.05, 4.69) is 17.0 Å². The number of hydrogen-bond acceptors (Lipinski definition) is 4. The molecule has 4 nitrogen and oxygen atoms in total. The Morgan fingerprint density at radius 2 is 1.48 bits per heavy atom. The minimum absolute atomic E-state index is 0.183. The van der Waals surface area contributed by atoms with Crippen molar-refractivity contribution in [3.8, 4) is 17.9 Å². The van der Waals surface area contributed by atoms with Crippen LogP contribution in [0.4, 0.5) is 5.69 Å². The van der Waals surface area contributed by atoms with Gasteiger partial charge in [0.15, 0.2) is 0 Å². The zero-order valence-electron chi connectivity index (χ0n) is 14.6. The number of nitrogens with zero attached hydrogens (tertiary/aromatic N) is 3. The summed E-state index contributed by atoms with van der Waals surface area (Å²) in [5.41, 5.74) is -0.662. The second-order valence-corrected chi connectivity index (χ2v) is 8.02. The van der Waals surface area contributed by atoms with Gasteiger partial charge in [0.2, 0.25) is 0 Å². The van der Waals surface area contributed by atoms with Crippen LogP contribution in [0.2, 0.25) is 0 Å². The third-order valence-corrected chi connectivity index (χ3v) is 6.95. The Bertz CT molecular complexity index is 708. The maximum absolute atomic E-state index is 10.6. The molecule has 130 valence electrons. The van der Waals surface area contributed by atoms with Gasteiger partial charge >= 0.3 is 0 Å². The quantitative estimate of drug-likeness (QED) is 0.820. The molecule has 1 N–H and O–H groups in total. The highest BCUT2D eigenvalue weighted by molar-refractivity contribution is 5.66. The van der Waals surface area contributed by atoms with Crippen LogP contribution in [0.25, 0.3) is 0 Å². The molecule has 0 amide bonds. The zero-order valence-corrected chi connectivity index (χ0v) is 14.6. The third-order valence-electron chi connectivity index (χ3n) is 6.95. The molecule has 0 aromatic heterocycles.